The minimum absolute atomic E-state index is 0.224. The van der Waals surface area contributed by atoms with Crippen molar-refractivity contribution in [1.82, 2.24) is 10.2 Å². The van der Waals surface area contributed by atoms with Crippen LogP contribution in [0.2, 0.25) is 0 Å². The van der Waals surface area contributed by atoms with Crippen molar-refractivity contribution in [3.63, 3.8) is 0 Å². The maximum absolute atomic E-state index is 11.7. The summed E-state index contributed by atoms with van der Waals surface area (Å²) in [6, 6.07) is 10.9. The number of ether oxygens (including phenoxy) is 1. The highest BCUT2D eigenvalue weighted by molar-refractivity contribution is 5.93. The molecule has 88 valence electrons. The first-order valence-corrected chi connectivity index (χ1v) is 5.27. The van der Waals surface area contributed by atoms with Crippen LogP contribution in [0.5, 0.6) is 5.75 Å². The third-order valence-corrected chi connectivity index (χ3v) is 2.18. The number of para-hydroxylation sites is 1. The number of amides is 1. The molecule has 0 spiro atoms. The van der Waals surface area contributed by atoms with Crippen LogP contribution in [0.3, 0.4) is 0 Å². The van der Waals surface area contributed by atoms with Crippen LogP contribution in [0.1, 0.15) is 6.92 Å². The van der Waals surface area contributed by atoms with Gasteiger partial charge in [-0.3, -0.25) is 9.89 Å². The summed E-state index contributed by atoms with van der Waals surface area (Å²) in [5.41, 5.74) is 0. The minimum atomic E-state index is -0.569. The van der Waals surface area contributed by atoms with Gasteiger partial charge in [-0.2, -0.15) is 5.10 Å². The van der Waals surface area contributed by atoms with Crippen LogP contribution in [-0.2, 0) is 4.79 Å². The lowest BCUT2D eigenvalue weighted by Gasteiger charge is -2.13. The average molecular weight is 231 g/mol. The first-order chi connectivity index (χ1) is 8.25. The highest BCUT2D eigenvalue weighted by atomic mass is 16.5. The molecule has 2 rings (SSSR count). The molecule has 2 aromatic rings. The van der Waals surface area contributed by atoms with Crippen molar-refractivity contribution >= 4 is 11.7 Å². The number of H-pyrrole nitrogens is 1. The molecular weight excluding hydrogens is 218 g/mol. The van der Waals surface area contributed by atoms with Gasteiger partial charge >= 0.3 is 0 Å². The normalized spacial score (nSPS) is 11.8. The fourth-order valence-corrected chi connectivity index (χ4v) is 1.32. The number of aromatic amines is 1. The molecule has 2 N–H and O–H groups in total. The Morgan fingerprint density at radius 1 is 1.35 bits per heavy atom. The molecule has 17 heavy (non-hydrogen) atoms. The quantitative estimate of drug-likeness (QED) is 0.843. The van der Waals surface area contributed by atoms with Crippen LogP contribution < -0.4 is 10.1 Å². The third kappa shape index (κ3) is 3.07. The SMILES string of the molecule is CC(Oc1ccccc1)C(=O)Nc1ccn[nH]1. The Morgan fingerprint density at radius 3 is 2.76 bits per heavy atom. The Labute approximate surface area is 98.8 Å². The molecule has 0 aliphatic heterocycles. The van der Waals surface area contributed by atoms with E-state index in [0.29, 0.717) is 11.6 Å². The Hall–Kier alpha value is -2.30. The van der Waals surface area contributed by atoms with E-state index in [1.54, 1.807) is 31.3 Å². The molecule has 1 unspecified atom stereocenters. The molecule has 0 radical (unpaired) electrons. The number of nitrogens with zero attached hydrogens (tertiary/aromatic N) is 1. The molecule has 0 saturated heterocycles. The predicted molar refractivity (Wildman–Crippen MR) is 63.7 cm³/mol. The minimum Gasteiger partial charge on any atom is -0.481 e. The van der Waals surface area contributed by atoms with Crippen LogP contribution in [0.25, 0.3) is 0 Å². The maximum atomic E-state index is 11.7. The zero-order chi connectivity index (χ0) is 12.1. The van der Waals surface area contributed by atoms with Crippen molar-refractivity contribution in [3.05, 3.63) is 42.6 Å². The van der Waals surface area contributed by atoms with Gasteiger partial charge in [-0.25, -0.2) is 0 Å². The Bertz CT molecular complexity index is 468. The lowest BCUT2D eigenvalue weighted by molar-refractivity contribution is -0.122. The highest BCUT2D eigenvalue weighted by Gasteiger charge is 2.14. The van der Waals surface area contributed by atoms with E-state index in [9.17, 15) is 4.79 Å². The van der Waals surface area contributed by atoms with Crippen LogP contribution in [-0.4, -0.2) is 22.2 Å². The number of hydrogen-bond donors (Lipinski definition) is 2. The largest absolute Gasteiger partial charge is 0.481 e. The number of rotatable bonds is 4. The van der Waals surface area contributed by atoms with Crippen molar-refractivity contribution in [1.29, 1.82) is 0 Å². The highest BCUT2D eigenvalue weighted by Crippen LogP contribution is 2.11. The van der Waals surface area contributed by atoms with Gasteiger partial charge in [0.2, 0.25) is 0 Å². The Balaban J connectivity index is 1.92. The first-order valence-electron chi connectivity index (χ1n) is 5.27. The molecule has 0 aliphatic carbocycles. The molecule has 0 saturated carbocycles. The molecule has 0 aliphatic rings. The number of aromatic nitrogens is 2. The Kier molecular flexibility index (Phi) is 3.40. The summed E-state index contributed by atoms with van der Waals surface area (Å²) in [6.07, 6.45) is 0.999. The Morgan fingerprint density at radius 2 is 2.12 bits per heavy atom. The molecule has 1 atom stereocenters. The second-order valence-electron chi connectivity index (χ2n) is 3.53. The summed E-state index contributed by atoms with van der Waals surface area (Å²) in [5, 5.41) is 9.05. The van der Waals surface area contributed by atoms with Crippen molar-refractivity contribution in [2.24, 2.45) is 0 Å². The predicted octanol–water partition coefficient (Wildman–Crippen LogP) is 1.82. The van der Waals surface area contributed by atoms with E-state index in [0.717, 1.165) is 0 Å². The van der Waals surface area contributed by atoms with E-state index in [2.05, 4.69) is 15.5 Å². The van der Waals surface area contributed by atoms with E-state index >= 15 is 0 Å². The summed E-state index contributed by atoms with van der Waals surface area (Å²) in [7, 11) is 0. The molecule has 0 bridgehead atoms. The standard InChI is InChI=1S/C12H13N3O2/c1-9(17-10-5-3-2-4-6-10)12(16)14-11-7-8-13-15-11/h2-9H,1H3,(H2,13,14,15,16). The number of nitrogens with one attached hydrogen (secondary N) is 2. The molecule has 5 nitrogen and oxygen atoms in total. The maximum Gasteiger partial charge on any atom is 0.266 e. The summed E-state index contributed by atoms with van der Waals surface area (Å²) in [4.78, 5) is 11.7. The number of hydrogen-bond acceptors (Lipinski definition) is 3. The topological polar surface area (TPSA) is 67.0 Å². The lowest BCUT2D eigenvalue weighted by atomic mass is 10.3. The van der Waals surface area contributed by atoms with Crippen LogP contribution >= 0.6 is 0 Å². The van der Waals surface area contributed by atoms with Crippen LogP contribution in [0, 0.1) is 0 Å². The molecule has 1 heterocycles. The third-order valence-electron chi connectivity index (χ3n) is 2.18. The number of benzene rings is 1. The first kappa shape index (κ1) is 11.2. The summed E-state index contributed by atoms with van der Waals surface area (Å²) >= 11 is 0. The molecule has 1 aromatic carbocycles. The van der Waals surface area contributed by atoms with Crippen molar-refractivity contribution < 1.29 is 9.53 Å². The van der Waals surface area contributed by atoms with E-state index in [1.165, 1.54) is 0 Å². The van der Waals surface area contributed by atoms with Gasteiger partial charge in [0.05, 0.1) is 6.20 Å². The molecule has 1 amide bonds. The summed E-state index contributed by atoms with van der Waals surface area (Å²) in [6.45, 7) is 1.69. The second kappa shape index (κ2) is 5.16. The molecule has 0 fully saturated rings. The van der Waals surface area contributed by atoms with Crippen molar-refractivity contribution in [2.45, 2.75) is 13.0 Å². The lowest BCUT2D eigenvalue weighted by Crippen LogP contribution is -2.30. The van der Waals surface area contributed by atoms with Gasteiger partial charge in [0, 0.05) is 6.07 Å². The molecule has 1 aromatic heterocycles. The number of carbonyl (C=O) groups is 1. The molecular formula is C12H13N3O2. The number of carbonyl (C=O) groups excluding carboxylic acids is 1. The second-order valence-corrected chi connectivity index (χ2v) is 3.53. The molecule has 5 heteroatoms. The van der Waals surface area contributed by atoms with Gasteiger partial charge in [-0.1, -0.05) is 18.2 Å². The van der Waals surface area contributed by atoms with Gasteiger partial charge in [0.25, 0.3) is 5.91 Å². The van der Waals surface area contributed by atoms with Gasteiger partial charge in [-0.15, -0.1) is 0 Å². The zero-order valence-electron chi connectivity index (χ0n) is 9.38. The van der Waals surface area contributed by atoms with Crippen molar-refractivity contribution in [3.8, 4) is 5.75 Å². The monoisotopic (exact) mass is 231 g/mol. The summed E-state index contributed by atoms with van der Waals surface area (Å²) in [5.74, 6) is 0.997. The van der Waals surface area contributed by atoms with E-state index in [4.69, 9.17) is 4.74 Å². The van der Waals surface area contributed by atoms with E-state index in [1.807, 2.05) is 18.2 Å². The summed E-state index contributed by atoms with van der Waals surface area (Å²) < 4.78 is 5.48. The van der Waals surface area contributed by atoms with Gasteiger partial charge in [0.15, 0.2) is 6.10 Å². The van der Waals surface area contributed by atoms with Gasteiger partial charge in [0.1, 0.15) is 11.6 Å². The fraction of sp³-hybridized carbons (Fsp3) is 0.167. The van der Waals surface area contributed by atoms with E-state index < -0.39 is 6.10 Å². The van der Waals surface area contributed by atoms with Crippen LogP contribution in [0.4, 0.5) is 5.82 Å². The van der Waals surface area contributed by atoms with E-state index in [-0.39, 0.29) is 5.91 Å². The number of anilines is 1. The van der Waals surface area contributed by atoms with Crippen LogP contribution in [0.15, 0.2) is 42.6 Å². The fourth-order valence-electron chi connectivity index (χ4n) is 1.32. The van der Waals surface area contributed by atoms with Crippen molar-refractivity contribution in [2.75, 3.05) is 5.32 Å². The smallest absolute Gasteiger partial charge is 0.266 e. The zero-order valence-corrected chi connectivity index (χ0v) is 9.38. The average Bonchev–Trinajstić information content (AvgIpc) is 2.83. The van der Waals surface area contributed by atoms with Gasteiger partial charge in [-0.05, 0) is 19.1 Å². The van der Waals surface area contributed by atoms with Gasteiger partial charge < -0.3 is 10.1 Å².